The number of nitrogens with one attached hydrogen (secondary N) is 1. The SMILES string of the molecule is Cc1cc([C@@H](C)Nc2ccccc2C(=O)O)c2nc(N3CCc4ccncc4C3)c(C#N)nc2c1. The van der Waals surface area contributed by atoms with Crippen LogP contribution in [-0.2, 0) is 13.0 Å². The molecule has 8 nitrogen and oxygen atoms in total. The Morgan fingerprint density at radius 2 is 2.03 bits per heavy atom. The fourth-order valence-electron chi connectivity index (χ4n) is 4.62. The van der Waals surface area contributed by atoms with Crippen molar-refractivity contribution in [3.8, 4) is 6.07 Å². The summed E-state index contributed by atoms with van der Waals surface area (Å²) in [6, 6.07) is 14.8. The zero-order valence-electron chi connectivity index (χ0n) is 19.5. The number of aromatic carboxylic acids is 1. The van der Waals surface area contributed by atoms with Gasteiger partial charge in [-0.25, -0.2) is 14.8 Å². The molecule has 1 aliphatic heterocycles. The van der Waals surface area contributed by atoms with Crippen molar-refractivity contribution in [3.63, 3.8) is 0 Å². The van der Waals surface area contributed by atoms with E-state index in [0.29, 0.717) is 34.8 Å². The third-order valence-corrected chi connectivity index (χ3v) is 6.34. The number of nitrogens with zero attached hydrogens (tertiary/aromatic N) is 5. The van der Waals surface area contributed by atoms with Gasteiger partial charge in [0.25, 0.3) is 0 Å². The highest BCUT2D eigenvalue weighted by atomic mass is 16.4. The lowest BCUT2D eigenvalue weighted by Crippen LogP contribution is -2.32. The first-order chi connectivity index (χ1) is 16.9. The molecule has 3 heterocycles. The van der Waals surface area contributed by atoms with Crippen molar-refractivity contribution in [3.05, 3.63) is 88.4 Å². The maximum absolute atomic E-state index is 11.7. The fraction of sp³-hybridized carbons (Fsp3) is 0.222. The van der Waals surface area contributed by atoms with Crippen LogP contribution in [0.25, 0.3) is 11.0 Å². The summed E-state index contributed by atoms with van der Waals surface area (Å²) in [6.07, 6.45) is 4.51. The smallest absolute Gasteiger partial charge is 0.337 e. The number of aromatic nitrogens is 3. The zero-order valence-corrected chi connectivity index (χ0v) is 19.5. The van der Waals surface area contributed by atoms with E-state index in [-0.39, 0.29) is 11.6 Å². The normalized spacial score (nSPS) is 13.7. The summed E-state index contributed by atoms with van der Waals surface area (Å²) < 4.78 is 0. The molecule has 0 saturated carbocycles. The molecule has 1 atom stereocenters. The Bertz CT molecular complexity index is 1490. The van der Waals surface area contributed by atoms with Crippen LogP contribution in [0.15, 0.2) is 54.9 Å². The fourth-order valence-corrected chi connectivity index (χ4v) is 4.62. The molecule has 4 aromatic rings. The Kier molecular flexibility index (Phi) is 5.75. The number of carbonyl (C=O) groups is 1. The van der Waals surface area contributed by atoms with Gasteiger partial charge in [0.05, 0.1) is 22.6 Å². The van der Waals surface area contributed by atoms with Gasteiger partial charge in [0.1, 0.15) is 6.07 Å². The standard InChI is InChI=1S/C27H24N6O2/c1-16-11-21(17(2)30-22-6-4-3-5-20(22)27(34)35)25-23(12-16)31-24(13-28)26(32-25)33-10-8-18-7-9-29-14-19(18)15-33/h3-7,9,11-12,14,17,30H,8,10,15H2,1-2H3,(H,34,35)/t17-/m1/s1. The predicted octanol–water partition coefficient (Wildman–Crippen LogP) is 4.64. The molecule has 2 aromatic heterocycles. The number of pyridine rings is 1. The van der Waals surface area contributed by atoms with Crippen LogP contribution in [0.2, 0.25) is 0 Å². The van der Waals surface area contributed by atoms with Gasteiger partial charge in [-0.3, -0.25) is 4.98 Å². The number of hydrogen-bond donors (Lipinski definition) is 2. The third kappa shape index (κ3) is 4.24. The van der Waals surface area contributed by atoms with E-state index in [1.807, 2.05) is 38.2 Å². The highest BCUT2D eigenvalue weighted by Crippen LogP contribution is 2.32. The number of rotatable bonds is 5. The number of benzene rings is 2. The largest absolute Gasteiger partial charge is 0.478 e. The second-order valence-corrected chi connectivity index (χ2v) is 8.76. The lowest BCUT2D eigenvalue weighted by Gasteiger charge is -2.30. The number of fused-ring (bicyclic) bond motifs is 2. The van der Waals surface area contributed by atoms with Crippen molar-refractivity contribution in [2.24, 2.45) is 0 Å². The van der Waals surface area contributed by atoms with Gasteiger partial charge in [-0.2, -0.15) is 5.26 Å². The molecule has 174 valence electrons. The van der Waals surface area contributed by atoms with Crippen molar-refractivity contribution < 1.29 is 9.90 Å². The summed E-state index contributed by atoms with van der Waals surface area (Å²) in [4.78, 5) is 27.7. The second-order valence-electron chi connectivity index (χ2n) is 8.76. The zero-order chi connectivity index (χ0) is 24.5. The van der Waals surface area contributed by atoms with E-state index in [9.17, 15) is 15.2 Å². The Balaban J connectivity index is 1.58. The molecule has 35 heavy (non-hydrogen) atoms. The molecule has 2 aromatic carbocycles. The monoisotopic (exact) mass is 464 g/mol. The summed E-state index contributed by atoms with van der Waals surface area (Å²) in [5, 5.41) is 22.8. The minimum Gasteiger partial charge on any atom is -0.478 e. The molecular weight excluding hydrogens is 440 g/mol. The average molecular weight is 465 g/mol. The Labute approximate surface area is 202 Å². The molecule has 0 saturated heterocycles. The van der Waals surface area contributed by atoms with Gasteiger partial charge in [-0.15, -0.1) is 0 Å². The molecule has 0 unspecified atom stereocenters. The first-order valence-electron chi connectivity index (χ1n) is 11.4. The number of carboxylic acid groups (broad SMARTS) is 1. The van der Waals surface area contributed by atoms with Gasteiger partial charge < -0.3 is 15.3 Å². The van der Waals surface area contributed by atoms with E-state index in [2.05, 4.69) is 26.3 Å². The molecule has 0 amide bonds. The van der Waals surface area contributed by atoms with E-state index in [0.717, 1.165) is 29.7 Å². The first-order valence-corrected chi connectivity index (χ1v) is 11.4. The van der Waals surface area contributed by atoms with Gasteiger partial charge in [0.15, 0.2) is 11.5 Å². The van der Waals surface area contributed by atoms with Crippen LogP contribution < -0.4 is 10.2 Å². The summed E-state index contributed by atoms with van der Waals surface area (Å²) in [7, 11) is 0. The van der Waals surface area contributed by atoms with E-state index in [1.54, 1.807) is 30.5 Å². The summed E-state index contributed by atoms with van der Waals surface area (Å²) >= 11 is 0. The number of para-hydroxylation sites is 1. The molecule has 0 aliphatic carbocycles. The van der Waals surface area contributed by atoms with Gasteiger partial charge in [0.2, 0.25) is 0 Å². The highest BCUT2D eigenvalue weighted by Gasteiger charge is 2.23. The molecule has 0 bridgehead atoms. The van der Waals surface area contributed by atoms with Crippen molar-refractivity contribution in [1.29, 1.82) is 5.26 Å². The molecule has 0 spiro atoms. The van der Waals surface area contributed by atoms with Gasteiger partial charge in [0, 0.05) is 36.7 Å². The molecule has 5 rings (SSSR count). The van der Waals surface area contributed by atoms with E-state index >= 15 is 0 Å². The van der Waals surface area contributed by atoms with Crippen molar-refractivity contribution >= 4 is 28.5 Å². The lowest BCUT2D eigenvalue weighted by atomic mass is 10.0. The number of hydrogen-bond acceptors (Lipinski definition) is 7. The van der Waals surface area contributed by atoms with Gasteiger partial charge >= 0.3 is 5.97 Å². The number of aryl methyl sites for hydroxylation is 1. The lowest BCUT2D eigenvalue weighted by molar-refractivity contribution is 0.0698. The highest BCUT2D eigenvalue weighted by molar-refractivity contribution is 5.94. The number of nitriles is 1. The van der Waals surface area contributed by atoms with Crippen LogP contribution in [0.4, 0.5) is 11.5 Å². The quantitative estimate of drug-likeness (QED) is 0.439. The molecule has 0 radical (unpaired) electrons. The van der Waals surface area contributed by atoms with Crippen molar-refractivity contribution in [2.45, 2.75) is 32.9 Å². The van der Waals surface area contributed by atoms with Crippen LogP contribution in [0, 0.1) is 18.3 Å². The minimum absolute atomic E-state index is 0.204. The average Bonchev–Trinajstić information content (AvgIpc) is 2.87. The van der Waals surface area contributed by atoms with Crippen LogP contribution >= 0.6 is 0 Å². The Morgan fingerprint density at radius 3 is 2.83 bits per heavy atom. The molecule has 2 N–H and O–H groups in total. The second kappa shape index (κ2) is 9.03. The van der Waals surface area contributed by atoms with Crippen LogP contribution in [0.1, 0.15) is 51.3 Å². The molecule has 0 fully saturated rings. The third-order valence-electron chi connectivity index (χ3n) is 6.34. The van der Waals surface area contributed by atoms with E-state index in [4.69, 9.17) is 4.98 Å². The van der Waals surface area contributed by atoms with Crippen molar-refractivity contribution in [2.75, 3.05) is 16.8 Å². The Morgan fingerprint density at radius 1 is 1.20 bits per heavy atom. The molecular formula is C27H24N6O2. The van der Waals surface area contributed by atoms with Gasteiger partial charge in [-0.1, -0.05) is 18.2 Å². The van der Waals surface area contributed by atoms with Gasteiger partial charge in [-0.05, 0) is 61.2 Å². The van der Waals surface area contributed by atoms with Crippen LogP contribution in [0.5, 0.6) is 0 Å². The summed E-state index contributed by atoms with van der Waals surface area (Å²) in [6.45, 7) is 5.28. The maximum Gasteiger partial charge on any atom is 0.337 e. The summed E-state index contributed by atoms with van der Waals surface area (Å²) in [5.74, 6) is -0.437. The van der Waals surface area contributed by atoms with Crippen molar-refractivity contribution in [1.82, 2.24) is 15.0 Å². The summed E-state index contributed by atoms with van der Waals surface area (Å²) in [5.41, 5.74) is 6.60. The predicted molar refractivity (Wildman–Crippen MR) is 133 cm³/mol. The first kappa shape index (κ1) is 22.3. The topological polar surface area (TPSA) is 115 Å². The van der Waals surface area contributed by atoms with E-state index in [1.165, 1.54) is 5.56 Å². The Hall–Kier alpha value is -4.51. The van der Waals surface area contributed by atoms with Crippen LogP contribution in [0.3, 0.4) is 0 Å². The molecule has 8 heteroatoms. The van der Waals surface area contributed by atoms with Crippen LogP contribution in [-0.4, -0.2) is 32.6 Å². The number of carboxylic acids is 1. The number of anilines is 2. The molecule has 1 aliphatic rings. The van der Waals surface area contributed by atoms with E-state index < -0.39 is 5.97 Å². The minimum atomic E-state index is -0.991. The maximum atomic E-state index is 11.7.